The molecule has 21 heavy (non-hydrogen) atoms. The number of aliphatic hydroxyl groups excluding tert-OH is 6. The van der Waals surface area contributed by atoms with Crippen molar-refractivity contribution >= 4 is 0 Å². The van der Waals surface area contributed by atoms with Gasteiger partial charge in [-0.2, -0.15) is 0 Å². The Morgan fingerprint density at radius 3 is 2.19 bits per heavy atom. The third-order valence-corrected chi connectivity index (χ3v) is 4.49. The van der Waals surface area contributed by atoms with E-state index in [0.29, 0.717) is 0 Å². The Kier molecular flexibility index (Phi) is 4.21. The Morgan fingerprint density at radius 1 is 0.810 bits per heavy atom. The van der Waals surface area contributed by atoms with Gasteiger partial charge in [0.25, 0.3) is 0 Å². The lowest BCUT2D eigenvalue weighted by atomic mass is 9.79. The zero-order valence-electron chi connectivity index (χ0n) is 11.1. The van der Waals surface area contributed by atoms with Crippen LogP contribution in [0.1, 0.15) is 0 Å². The quantitative estimate of drug-likeness (QED) is 0.299. The summed E-state index contributed by atoms with van der Waals surface area (Å²) >= 11 is 0. The van der Waals surface area contributed by atoms with Gasteiger partial charge in [-0.05, 0) is 0 Å². The van der Waals surface area contributed by atoms with E-state index in [1.807, 2.05) is 0 Å². The second-order valence-corrected chi connectivity index (χ2v) is 5.73. The van der Waals surface area contributed by atoms with Crippen molar-refractivity contribution in [2.24, 2.45) is 5.92 Å². The SMILES string of the molecule is OC[C@H]1O[C@@H]([C@H]2[C@H](O)[C@@H](O)[C@@H]3OC[C@H]2O3)[C@@H](O)[C@@H](O)[C@@H]1O. The first-order chi connectivity index (χ1) is 9.95. The van der Waals surface area contributed by atoms with Crippen LogP contribution >= 0.6 is 0 Å². The highest BCUT2D eigenvalue weighted by Gasteiger charge is 2.57. The molecular weight excluding hydrogens is 288 g/mol. The summed E-state index contributed by atoms with van der Waals surface area (Å²) in [5.74, 6) is -0.857. The molecule has 0 unspecified atom stereocenters. The average Bonchev–Trinajstić information content (AvgIpc) is 2.91. The molecule has 0 aromatic heterocycles. The smallest absolute Gasteiger partial charge is 0.186 e. The van der Waals surface area contributed by atoms with Gasteiger partial charge in [-0.25, -0.2) is 0 Å². The van der Waals surface area contributed by atoms with Crippen molar-refractivity contribution in [3.05, 3.63) is 0 Å². The van der Waals surface area contributed by atoms with Crippen LogP contribution in [0, 0.1) is 5.92 Å². The molecule has 3 rings (SSSR count). The minimum Gasteiger partial charge on any atom is -0.394 e. The van der Waals surface area contributed by atoms with Crippen molar-refractivity contribution in [2.45, 2.75) is 55.1 Å². The number of hydrogen-bond acceptors (Lipinski definition) is 9. The molecule has 0 saturated carbocycles. The van der Waals surface area contributed by atoms with Crippen LogP contribution < -0.4 is 0 Å². The number of ether oxygens (including phenoxy) is 3. The zero-order valence-corrected chi connectivity index (χ0v) is 11.1. The lowest BCUT2D eigenvalue weighted by Gasteiger charge is -2.47. The maximum absolute atomic E-state index is 10.2. The van der Waals surface area contributed by atoms with Crippen LogP contribution in [0.4, 0.5) is 0 Å². The molecule has 122 valence electrons. The summed E-state index contributed by atoms with van der Waals surface area (Å²) in [7, 11) is 0. The van der Waals surface area contributed by atoms with E-state index < -0.39 is 67.6 Å². The van der Waals surface area contributed by atoms with Gasteiger partial charge >= 0.3 is 0 Å². The first-order valence-corrected chi connectivity index (χ1v) is 6.89. The molecule has 3 saturated heterocycles. The Hall–Kier alpha value is -0.360. The molecule has 6 N–H and O–H groups in total. The predicted octanol–water partition coefficient (Wildman–Crippen LogP) is -4.08. The minimum atomic E-state index is -1.54. The van der Waals surface area contributed by atoms with Gasteiger partial charge in [-0.1, -0.05) is 0 Å². The summed E-state index contributed by atoms with van der Waals surface area (Å²) in [4.78, 5) is 0. The largest absolute Gasteiger partial charge is 0.394 e. The summed E-state index contributed by atoms with van der Waals surface area (Å²) in [6, 6.07) is 0. The lowest BCUT2D eigenvalue weighted by Crippen LogP contribution is -2.65. The Balaban J connectivity index is 1.84. The highest BCUT2D eigenvalue weighted by atomic mass is 16.7. The van der Waals surface area contributed by atoms with Gasteiger partial charge in [0.2, 0.25) is 0 Å². The third-order valence-electron chi connectivity index (χ3n) is 4.49. The van der Waals surface area contributed by atoms with Crippen molar-refractivity contribution < 1.29 is 44.8 Å². The van der Waals surface area contributed by atoms with Gasteiger partial charge in [0.15, 0.2) is 6.29 Å². The van der Waals surface area contributed by atoms with Crippen LogP contribution in [0.15, 0.2) is 0 Å². The summed E-state index contributed by atoms with van der Waals surface area (Å²) < 4.78 is 16.0. The molecule has 3 fully saturated rings. The second-order valence-electron chi connectivity index (χ2n) is 5.73. The molecule has 0 aromatic rings. The fraction of sp³-hybridized carbons (Fsp3) is 1.00. The molecule has 0 radical (unpaired) electrons. The van der Waals surface area contributed by atoms with Crippen LogP contribution in [0.25, 0.3) is 0 Å². The van der Waals surface area contributed by atoms with Crippen LogP contribution in [0.5, 0.6) is 0 Å². The molecule has 3 aliphatic rings. The van der Waals surface area contributed by atoms with Crippen molar-refractivity contribution in [3.63, 3.8) is 0 Å². The van der Waals surface area contributed by atoms with E-state index in [4.69, 9.17) is 14.2 Å². The molecule has 0 amide bonds. The van der Waals surface area contributed by atoms with E-state index in [0.717, 1.165) is 0 Å². The maximum atomic E-state index is 10.2. The first kappa shape index (κ1) is 15.5. The summed E-state index contributed by atoms with van der Waals surface area (Å²) in [6.07, 6.45) is -10.8. The first-order valence-electron chi connectivity index (χ1n) is 6.89. The van der Waals surface area contributed by atoms with Crippen molar-refractivity contribution in [2.75, 3.05) is 13.2 Å². The van der Waals surface area contributed by atoms with Crippen molar-refractivity contribution in [3.8, 4) is 0 Å². The van der Waals surface area contributed by atoms with Gasteiger partial charge in [0.05, 0.1) is 31.5 Å². The molecule has 9 nitrogen and oxygen atoms in total. The normalized spacial score (nSPS) is 57.4. The molecule has 0 aliphatic carbocycles. The zero-order chi connectivity index (χ0) is 15.3. The number of fused-ring (bicyclic) bond motifs is 2. The summed E-state index contributed by atoms with van der Waals surface area (Å²) in [5, 5.41) is 58.9. The Morgan fingerprint density at radius 2 is 1.52 bits per heavy atom. The van der Waals surface area contributed by atoms with Crippen LogP contribution in [0.2, 0.25) is 0 Å². The highest BCUT2D eigenvalue weighted by Crippen LogP contribution is 2.38. The Bertz CT molecular complexity index is 378. The number of hydrogen-bond donors (Lipinski definition) is 6. The molecule has 2 bridgehead atoms. The maximum Gasteiger partial charge on any atom is 0.186 e. The molecule has 9 heteroatoms. The summed E-state index contributed by atoms with van der Waals surface area (Å²) in [6.45, 7) is -0.448. The van der Waals surface area contributed by atoms with Crippen molar-refractivity contribution in [1.82, 2.24) is 0 Å². The van der Waals surface area contributed by atoms with Crippen LogP contribution in [-0.4, -0.2) is 99.0 Å². The second kappa shape index (κ2) is 5.69. The van der Waals surface area contributed by atoms with E-state index in [9.17, 15) is 30.6 Å². The monoisotopic (exact) mass is 308 g/mol. The molecular formula is C12H20O9. The van der Waals surface area contributed by atoms with E-state index >= 15 is 0 Å². The molecule has 3 heterocycles. The van der Waals surface area contributed by atoms with E-state index in [1.165, 1.54) is 0 Å². The summed E-state index contributed by atoms with van der Waals surface area (Å²) in [5.41, 5.74) is 0. The standard InChI is InChI=1S/C12H20O9/c13-1-3-6(14)8(16)9(17)11(20-3)5-4-2-19-12(21-4)10(18)7(5)15/h3-18H,1-2H2/t3-,4-,5-,6-,7+,8+,9+,10-,11+,12-/m1/s1. The fourth-order valence-electron chi connectivity index (χ4n) is 3.28. The predicted molar refractivity (Wildman–Crippen MR) is 63.9 cm³/mol. The van der Waals surface area contributed by atoms with Crippen LogP contribution in [0.3, 0.4) is 0 Å². The fourth-order valence-corrected chi connectivity index (χ4v) is 3.28. The average molecular weight is 308 g/mol. The molecule has 3 aliphatic heterocycles. The van der Waals surface area contributed by atoms with Gasteiger partial charge < -0.3 is 44.8 Å². The van der Waals surface area contributed by atoms with E-state index in [1.54, 1.807) is 0 Å². The van der Waals surface area contributed by atoms with Gasteiger partial charge in [-0.3, -0.25) is 0 Å². The van der Waals surface area contributed by atoms with Crippen molar-refractivity contribution in [1.29, 1.82) is 0 Å². The lowest BCUT2D eigenvalue weighted by molar-refractivity contribution is -0.282. The van der Waals surface area contributed by atoms with E-state index in [2.05, 4.69) is 0 Å². The minimum absolute atomic E-state index is 0.110. The number of aliphatic hydroxyl groups is 6. The van der Waals surface area contributed by atoms with E-state index in [-0.39, 0.29) is 6.61 Å². The number of rotatable bonds is 2. The van der Waals surface area contributed by atoms with Gasteiger partial charge in [0, 0.05) is 5.92 Å². The van der Waals surface area contributed by atoms with Gasteiger partial charge in [-0.15, -0.1) is 0 Å². The van der Waals surface area contributed by atoms with Gasteiger partial charge in [0.1, 0.15) is 30.5 Å². The Labute approximate surface area is 120 Å². The highest BCUT2D eigenvalue weighted by molar-refractivity contribution is 5.03. The topological polar surface area (TPSA) is 149 Å². The molecule has 0 spiro atoms. The molecule has 0 aromatic carbocycles. The third kappa shape index (κ3) is 2.38. The molecule has 10 atom stereocenters. The van der Waals surface area contributed by atoms with Crippen LogP contribution in [-0.2, 0) is 14.2 Å².